The minimum atomic E-state index is -3.06. The Morgan fingerprint density at radius 3 is 1.60 bits per heavy atom. The zero-order chi connectivity index (χ0) is 4.50. The van der Waals surface area contributed by atoms with E-state index in [0.29, 0.717) is 0 Å². The van der Waals surface area contributed by atoms with Gasteiger partial charge in [-0.1, -0.05) is 0 Å². The summed E-state index contributed by atoms with van der Waals surface area (Å²) in [5.74, 6) is 0. The molecule has 0 heterocycles. The number of halogens is 3. The lowest BCUT2D eigenvalue weighted by molar-refractivity contribution is 0.0778. The van der Waals surface area contributed by atoms with Gasteiger partial charge in [0.1, 0.15) is 0 Å². The van der Waals surface area contributed by atoms with Gasteiger partial charge in [-0.05, 0) is 23.2 Å². The lowest BCUT2D eigenvalue weighted by Crippen LogP contribution is -1.97. The Kier molecular flexibility index (Phi) is 1.41. The van der Waals surface area contributed by atoms with Crippen molar-refractivity contribution in [2.45, 2.75) is 4.77 Å². The smallest absolute Gasteiger partial charge is 0.337 e. The molecule has 0 amide bonds. The molecule has 0 aliphatic heterocycles. The number of hydrogen-bond acceptors (Lipinski definition) is 1. The molecule has 0 saturated heterocycles. The topological polar surface area (TPSA) is 20.2 Å². The van der Waals surface area contributed by atoms with Crippen LogP contribution in [0, 0.1) is 0 Å². The molecule has 0 aliphatic rings. The summed E-state index contributed by atoms with van der Waals surface area (Å²) in [7, 11) is 0. The van der Waals surface area contributed by atoms with Crippen LogP contribution < -0.4 is 0 Å². The molecule has 0 aromatic rings. The van der Waals surface area contributed by atoms with E-state index in [2.05, 4.69) is 23.2 Å². The van der Waals surface area contributed by atoms with Crippen molar-refractivity contribution in [3.8, 4) is 0 Å². The first-order chi connectivity index (χ1) is 2.00. The van der Waals surface area contributed by atoms with E-state index in [4.69, 9.17) is 5.11 Å². The van der Waals surface area contributed by atoms with Gasteiger partial charge in [0.05, 0.1) is 0 Å². The summed E-state index contributed by atoms with van der Waals surface area (Å²) in [5.41, 5.74) is 0. The van der Waals surface area contributed by atoms with Gasteiger partial charge in [-0.25, -0.2) is 0 Å². The van der Waals surface area contributed by atoms with Crippen LogP contribution in [0.3, 0.4) is 0 Å². The first-order valence-corrected chi connectivity index (χ1v) is 1.55. The molecule has 0 aliphatic carbocycles. The summed E-state index contributed by atoms with van der Waals surface area (Å²) in [4.78, 5) is 0. The fourth-order valence-corrected chi connectivity index (χ4v) is 0. The van der Waals surface area contributed by atoms with Crippen molar-refractivity contribution in [1.82, 2.24) is 0 Å². The standard InChI is InChI=1S/CHCl2FO/c2-1(3,4)5/h5H. The minimum Gasteiger partial charge on any atom is -0.337 e. The van der Waals surface area contributed by atoms with Gasteiger partial charge < -0.3 is 5.11 Å². The first-order valence-electron chi connectivity index (χ1n) is 0.791. The summed E-state index contributed by atoms with van der Waals surface area (Å²) in [6.45, 7) is 0. The summed E-state index contributed by atoms with van der Waals surface area (Å²) < 4.78 is 7.72. The molecule has 0 atom stereocenters. The van der Waals surface area contributed by atoms with E-state index in [9.17, 15) is 4.39 Å². The van der Waals surface area contributed by atoms with Crippen molar-refractivity contribution in [2.75, 3.05) is 0 Å². The van der Waals surface area contributed by atoms with Crippen LogP contribution in [0.5, 0.6) is 0 Å². The second-order valence-electron chi connectivity index (χ2n) is 0.468. The van der Waals surface area contributed by atoms with Gasteiger partial charge in [0.15, 0.2) is 0 Å². The van der Waals surface area contributed by atoms with E-state index in [0.717, 1.165) is 0 Å². The van der Waals surface area contributed by atoms with Crippen LogP contribution in [-0.4, -0.2) is 9.88 Å². The fourth-order valence-electron chi connectivity index (χ4n) is 0. The molecule has 0 spiro atoms. The van der Waals surface area contributed by atoms with E-state index in [1.165, 1.54) is 0 Å². The van der Waals surface area contributed by atoms with Gasteiger partial charge in [0.25, 0.3) is 0 Å². The normalized spacial score (nSPS) is 12.0. The molecule has 0 bridgehead atoms. The molecule has 0 saturated carbocycles. The molecule has 1 nitrogen and oxygen atoms in total. The fraction of sp³-hybridized carbons (Fsp3) is 1.00. The van der Waals surface area contributed by atoms with Crippen LogP contribution in [0.15, 0.2) is 0 Å². The summed E-state index contributed by atoms with van der Waals surface area (Å²) in [5, 5.41) is 7.39. The highest BCUT2D eigenvalue weighted by molar-refractivity contribution is 6.45. The largest absolute Gasteiger partial charge is 0.365 e. The van der Waals surface area contributed by atoms with Gasteiger partial charge in [-0.15, -0.1) is 0 Å². The highest BCUT2D eigenvalue weighted by Gasteiger charge is 2.13. The SMILES string of the molecule is OC(F)(Cl)Cl. The van der Waals surface area contributed by atoms with Crippen molar-refractivity contribution in [2.24, 2.45) is 0 Å². The summed E-state index contributed by atoms with van der Waals surface area (Å²) in [6, 6.07) is 0. The lowest BCUT2D eigenvalue weighted by atomic mass is 11.6. The molecule has 5 heavy (non-hydrogen) atoms. The molecule has 32 valence electrons. The molecule has 1 N–H and O–H groups in total. The molecular formula is CHCl2FO. The third-order valence-corrected chi connectivity index (χ3v) is 0. The van der Waals surface area contributed by atoms with Gasteiger partial charge in [0.2, 0.25) is 0 Å². The molecule has 4 heteroatoms. The molecule has 0 fully saturated rings. The zero-order valence-corrected chi connectivity index (χ0v) is 3.59. The number of hydrogen-bond donors (Lipinski definition) is 1. The molecule has 0 radical (unpaired) electrons. The highest BCUT2D eigenvalue weighted by atomic mass is 35.5. The van der Waals surface area contributed by atoms with Gasteiger partial charge in [0, 0.05) is 0 Å². The Hall–Kier alpha value is 0.470. The van der Waals surface area contributed by atoms with Crippen molar-refractivity contribution in [3.63, 3.8) is 0 Å². The van der Waals surface area contributed by atoms with Gasteiger partial charge >= 0.3 is 4.77 Å². The quantitative estimate of drug-likeness (QED) is 0.472. The monoisotopic (exact) mass is 118 g/mol. The van der Waals surface area contributed by atoms with Gasteiger partial charge in [-0.2, -0.15) is 4.39 Å². The van der Waals surface area contributed by atoms with Crippen molar-refractivity contribution < 1.29 is 9.50 Å². The Bertz CT molecular complexity index is 25.1. The summed E-state index contributed by atoms with van der Waals surface area (Å²) >= 11 is 8.37. The number of rotatable bonds is 0. The number of alkyl halides is 3. The maximum Gasteiger partial charge on any atom is 0.365 e. The van der Waals surface area contributed by atoms with E-state index in [1.54, 1.807) is 0 Å². The van der Waals surface area contributed by atoms with Gasteiger partial charge in [-0.3, -0.25) is 0 Å². The predicted octanol–water partition coefficient (Wildman–Crippen LogP) is 1.04. The first kappa shape index (κ1) is 5.47. The Balaban J connectivity index is 3.02. The molecular weight excluding hydrogens is 118 g/mol. The van der Waals surface area contributed by atoms with Crippen LogP contribution in [0.4, 0.5) is 4.39 Å². The van der Waals surface area contributed by atoms with Crippen LogP contribution in [0.1, 0.15) is 0 Å². The highest BCUT2D eigenvalue weighted by Crippen LogP contribution is 2.15. The maximum absolute atomic E-state index is 10.8. The Morgan fingerprint density at radius 2 is 1.60 bits per heavy atom. The van der Waals surface area contributed by atoms with E-state index < -0.39 is 4.77 Å². The van der Waals surface area contributed by atoms with Crippen LogP contribution in [0.25, 0.3) is 0 Å². The third-order valence-electron chi connectivity index (χ3n) is 0. The molecule has 0 aromatic heterocycles. The maximum atomic E-state index is 10.8. The molecule has 0 unspecified atom stereocenters. The lowest BCUT2D eigenvalue weighted by Gasteiger charge is -1.91. The molecule has 0 aromatic carbocycles. The van der Waals surface area contributed by atoms with Crippen LogP contribution >= 0.6 is 23.2 Å². The average molecular weight is 119 g/mol. The van der Waals surface area contributed by atoms with E-state index in [-0.39, 0.29) is 0 Å². The third kappa shape index (κ3) is 123. The van der Waals surface area contributed by atoms with Crippen LogP contribution in [0.2, 0.25) is 0 Å². The average Bonchev–Trinajstić information content (AvgIpc) is 0.722. The Labute approximate surface area is 38.3 Å². The van der Waals surface area contributed by atoms with Crippen LogP contribution in [-0.2, 0) is 0 Å². The second-order valence-corrected chi connectivity index (χ2v) is 1.66. The molecule has 0 rings (SSSR count). The minimum absolute atomic E-state index is 3.06. The van der Waals surface area contributed by atoms with E-state index in [1.807, 2.05) is 0 Å². The Morgan fingerprint density at radius 1 is 1.60 bits per heavy atom. The second kappa shape index (κ2) is 1.29. The van der Waals surface area contributed by atoms with E-state index >= 15 is 0 Å². The zero-order valence-electron chi connectivity index (χ0n) is 2.08. The summed E-state index contributed by atoms with van der Waals surface area (Å²) in [6.07, 6.45) is 0. The van der Waals surface area contributed by atoms with Crippen molar-refractivity contribution in [1.29, 1.82) is 0 Å². The van der Waals surface area contributed by atoms with Crippen molar-refractivity contribution >= 4 is 23.2 Å². The van der Waals surface area contributed by atoms with Crippen molar-refractivity contribution in [3.05, 3.63) is 0 Å². The predicted molar refractivity (Wildman–Crippen MR) is 17.8 cm³/mol. The number of aliphatic hydroxyl groups is 1.